The number of halogens is 3. The summed E-state index contributed by atoms with van der Waals surface area (Å²) < 4.78 is 37.6. The van der Waals surface area contributed by atoms with E-state index in [0.29, 0.717) is 30.1 Å². The molecule has 0 aromatic heterocycles. The largest absolute Gasteiger partial charge is 0.449 e. The molecule has 1 N–H and O–H groups in total. The van der Waals surface area contributed by atoms with Crippen molar-refractivity contribution in [2.45, 2.75) is 103 Å². The van der Waals surface area contributed by atoms with Crippen LogP contribution in [0.2, 0.25) is 0 Å². The number of carbonyl (C=O) groups is 1. The molecule has 0 amide bonds. The van der Waals surface area contributed by atoms with Gasteiger partial charge in [-0.15, -0.1) is 0 Å². The first-order valence-corrected chi connectivity index (χ1v) is 11.9. The van der Waals surface area contributed by atoms with Crippen LogP contribution >= 0.6 is 0 Å². The molecule has 7 atom stereocenters. The number of rotatable bonds is 4. The van der Waals surface area contributed by atoms with Gasteiger partial charge in [-0.1, -0.05) is 25.5 Å². The molecule has 7 unspecified atom stereocenters. The number of allylic oxidation sites excluding steroid dienone is 1. The van der Waals surface area contributed by atoms with Crippen molar-refractivity contribution in [3.63, 3.8) is 0 Å². The summed E-state index contributed by atoms with van der Waals surface area (Å²) in [6, 6.07) is 0. The molecule has 0 bridgehead atoms. The van der Waals surface area contributed by atoms with E-state index in [9.17, 15) is 23.1 Å². The lowest BCUT2D eigenvalue weighted by Crippen LogP contribution is -2.51. The van der Waals surface area contributed by atoms with E-state index in [1.807, 2.05) is 6.92 Å². The highest BCUT2D eigenvalue weighted by Crippen LogP contribution is 2.67. The average molecular weight is 427 g/mol. The SMILES string of the molecule is CC1(O)CCC2(C)C(=CCC3C2CCC2(C)C(CCCC(=O)C(F)(F)F)CCC32)C1. The van der Waals surface area contributed by atoms with E-state index in [0.717, 1.165) is 44.9 Å². The first-order valence-electron chi connectivity index (χ1n) is 11.9. The standard InChI is InChI=1S/C25H37F3O2/c1-22(30)13-14-24(3)17(15-22)7-9-18-19-10-8-16(23(19,2)12-11-20(18)24)5-4-6-21(29)25(26,27)28/h7,16,18-20,30H,4-6,8-15H2,1-3H3. The van der Waals surface area contributed by atoms with Crippen molar-refractivity contribution >= 4 is 5.78 Å². The van der Waals surface area contributed by atoms with Crippen molar-refractivity contribution in [3.05, 3.63) is 11.6 Å². The molecule has 0 heterocycles. The van der Waals surface area contributed by atoms with Crippen LogP contribution in [0.1, 0.15) is 91.4 Å². The van der Waals surface area contributed by atoms with Gasteiger partial charge in [0.05, 0.1) is 5.60 Å². The van der Waals surface area contributed by atoms with E-state index in [4.69, 9.17) is 0 Å². The predicted octanol–water partition coefficient (Wildman–Crippen LogP) is 6.62. The molecule has 4 aliphatic carbocycles. The second-order valence-electron chi connectivity index (χ2n) is 11.6. The number of hydrogen-bond donors (Lipinski definition) is 1. The highest BCUT2D eigenvalue weighted by Gasteiger charge is 2.58. The molecule has 170 valence electrons. The minimum atomic E-state index is -4.69. The second kappa shape index (κ2) is 7.35. The molecular weight excluding hydrogens is 389 g/mol. The lowest BCUT2D eigenvalue weighted by atomic mass is 9.46. The van der Waals surface area contributed by atoms with Gasteiger partial charge in [-0.25, -0.2) is 0 Å². The Hall–Kier alpha value is -0.840. The molecule has 3 saturated carbocycles. The van der Waals surface area contributed by atoms with Gasteiger partial charge in [-0.05, 0) is 106 Å². The first-order chi connectivity index (χ1) is 13.9. The Morgan fingerprint density at radius 1 is 1.10 bits per heavy atom. The Kier molecular flexibility index (Phi) is 5.48. The van der Waals surface area contributed by atoms with E-state index < -0.39 is 17.6 Å². The van der Waals surface area contributed by atoms with Crippen molar-refractivity contribution in [1.29, 1.82) is 0 Å². The van der Waals surface area contributed by atoms with Gasteiger partial charge in [0.1, 0.15) is 0 Å². The van der Waals surface area contributed by atoms with Gasteiger partial charge in [0.2, 0.25) is 5.78 Å². The topological polar surface area (TPSA) is 37.3 Å². The fourth-order valence-corrected chi connectivity index (χ4v) is 8.04. The number of alkyl halides is 3. The molecule has 0 spiro atoms. The summed E-state index contributed by atoms with van der Waals surface area (Å²) in [5.74, 6) is 0.822. The van der Waals surface area contributed by atoms with Crippen molar-refractivity contribution in [3.8, 4) is 0 Å². The zero-order chi connectivity index (χ0) is 21.9. The summed E-state index contributed by atoms with van der Waals surface area (Å²) in [6.45, 7) is 6.76. The zero-order valence-electron chi connectivity index (χ0n) is 18.7. The van der Waals surface area contributed by atoms with Crippen molar-refractivity contribution in [2.24, 2.45) is 34.5 Å². The summed E-state index contributed by atoms with van der Waals surface area (Å²) >= 11 is 0. The Morgan fingerprint density at radius 2 is 1.83 bits per heavy atom. The van der Waals surface area contributed by atoms with Crippen LogP contribution in [-0.2, 0) is 4.79 Å². The maximum atomic E-state index is 12.5. The third kappa shape index (κ3) is 3.67. The molecule has 4 rings (SSSR count). The van der Waals surface area contributed by atoms with Crippen molar-refractivity contribution in [1.82, 2.24) is 0 Å². The van der Waals surface area contributed by atoms with Crippen LogP contribution in [0, 0.1) is 34.5 Å². The highest BCUT2D eigenvalue weighted by atomic mass is 19.4. The van der Waals surface area contributed by atoms with Gasteiger partial charge in [0.25, 0.3) is 0 Å². The smallest absolute Gasteiger partial charge is 0.390 e. The lowest BCUT2D eigenvalue weighted by molar-refractivity contribution is -0.171. The summed E-state index contributed by atoms with van der Waals surface area (Å²) in [6.07, 6.45) is 6.88. The zero-order valence-corrected chi connectivity index (χ0v) is 18.7. The summed E-state index contributed by atoms with van der Waals surface area (Å²) in [4.78, 5) is 11.3. The van der Waals surface area contributed by atoms with E-state index in [-0.39, 0.29) is 17.3 Å². The number of hydrogen-bond acceptors (Lipinski definition) is 2. The molecule has 5 heteroatoms. The second-order valence-corrected chi connectivity index (χ2v) is 11.6. The molecule has 0 radical (unpaired) electrons. The monoisotopic (exact) mass is 426 g/mol. The number of carbonyl (C=O) groups excluding carboxylic acids is 1. The van der Waals surface area contributed by atoms with Crippen LogP contribution in [0.5, 0.6) is 0 Å². The van der Waals surface area contributed by atoms with Crippen LogP contribution in [0.25, 0.3) is 0 Å². The Balaban J connectivity index is 1.45. The van der Waals surface area contributed by atoms with E-state index in [2.05, 4.69) is 19.9 Å². The van der Waals surface area contributed by atoms with Gasteiger partial charge < -0.3 is 5.11 Å². The van der Waals surface area contributed by atoms with Crippen LogP contribution in [0.15, 0.2) is 11.6 Å². The number of fused-ring (bicyclic) bond motifs is 5. The van der Waals surface area contributed by atoms with E-state index in [1.54, 1.807) is 0 Å². The number of ketones is 1. The van der Waals surface area contributed by atoms with Gasteiger partial charge in [-0.2, -0.15) is 13.2 Å². The molecular formula is C25H37F3O2. The maximum absolute atomic E-state index is 12.5. The van der Waals surface area contributed by atoms with Gasteiger partial charge in [0, 0.05) is 6.42 Å². The number of aliphatic hydroxyl groups is 1. The fraction of sp³-hybridized carbons (Fsp3) is 0.880. The Morgan fingerprint density at radius 3 is 2.53 bits per heavy atom. The van der Waals surface area contributed by atoms with E-state index >= 15 is 0 Å². The summed E-state index contributed by atoms with van der Waals surface area (Å²) in [7, 11) is 0. The lowest BCUT2D eigenvalue weighted by Gasteiger charge is -2.59. The molecule has 0 aliphatic heterocycles. The van der Waals surface area contributed by atoms with Crippen molar-refractivity contribution < 1.29 is 23.1 Å². The van der Waals surface area contributed by atoms with Crippen LogP contribution in [0.4, 0.5) is 13.2 Å². The van der Waals surface area contributed by atoms with Crippen LogP contribution in [0.3, 0.4) is 0 Å². The minimum absolute atomic E-state index is 0.198. The summed E-state index contributed by atoms with van der Waals surface area (Å²) in [5, 5.41) is 10.6. The molecule has 30 heavy (non-hydrogen) atoms. The normalized spacial score (nSPS) is 45.9. The third-order valence-corrected chi connectivity index (χ3v) is 9.85. The minimum Gasteiger partial charge on any atom is -0.390 e. The maximum Gasteiger partial charge on any atom is 0.449 e. The first kappa shape index (κ1) is 22.4. The highest BCUT2D eigenvalue weighted by molar-refractivity contribution is 5.83. The Labute approximate surface area is 178 Å². The molecule has 0 saturated heterocycles. The van der Waals surface area contributed by atoms with Gasteiger partial charge in [-0.3, -0.25) is 4.79 Å². The third-order valence-electron chi connectivity index (χ3n) is 9.85. The van der Waals surface area contributed by atoms with Crippen LogP contribution in [-0.4, -0.2) is 22.7 Å². The predicted molar refractivity (Wildman–Crippen MR) is 111 cm³/mol. The van der Waals surface area contributed by atoms with Gasteiger partial charge in [0.15, 0.2) is 0 Å². The molecule has 4 aliphatic rings. The molecule has 2 nitrogen and oxygen atoms in total. The molecule has 3 fully saturated rings. The van der Waals surface area contributed by atoms with E-state index in [1.165, 1.54) is 18.4 Å². The summed E-state index contributed by atoms with van der Waals surface area (Å²) in [5.41, 5.74) is 1.28. The number of Topliss-reactive ketones (excluding diaryl/α,β-unsaturated/α-hetero) is 1. The van der Waals surface area contributed by atoms with Crippen molar-refractivity contribution in [2.75, 3.05) is 0 Å². The average Bonchev–Trinajstić information content (AvgIpc) is 2.98. The van der Waals surface area contributed by atoms with Gasteiger partial charge >= 0.3 is 6.18 Å². The van der Waals surface area contributed by atoms with Crippen LogP contribution < -0.4 is 0 Å². The Bertz CT molecular complexity index is 724. The quantitative estimate of drug-likeness (QED) is 0.513. The fourth-order valence-electron chi connectivity index (χ4n) is 8.04. The molecule has 0 aromatic rings. The molecule has 0 aromatic carbocycles.